The lowest BCUT2D eigenvalue weighted by molar-refractivity contribution is 0.206. The molecule has 0 saturated carbocycles. The third kappa shape index (κ3) is 1.99. The molecule has 1 aromatic carbocycles. The minimum absolute atomic E-state index is 0.730. The van der Waals surface area contributed by atoms with Crippen molar-refractivity contribution >= 4 is 0 Å². The number of hydrogen-bond donors (Lipinski definition) is 1. The Morgan fingerprint density at radius 2 is 2.06 bits per heavy atom. The van der Waals surface area contributed by atoms with Crippen LogP contribution in [0.15, 0.2) is 24.7 Å². The van der Waals surface area contributed by atoms with Crippen LogP contribution in [0.4, 0.5) is 0 Å². The molecule has 1 unspecified atom stereocenters. The summed E-state index contributed by atoms with van der Waals surface area (Å²) in [5, 5.41) is 10.4. The Morgan fingerprint density at radius 3 is 2.61 bits per heavy atom. The molecule has 0 aliphatic carbocycles. The number of ether oxygens (including phenoxy) is 1. The van der Waals surface area contributed by atoms with E-state index in [0.717, 1.165) is 28.1 Å². The molecule has 0 radical (unpaired) electrons. The fraction of sp³-hybridized carbons (Fsp3) is 0.357. The van der Waals surface area contributed by atoms with Gasteiger partial charge < -0.3 is 14.4 Å². The molecule has 0 amide bonds. The van der Waals surface area contributed by atoms with Gasteiger partial charge in [0.2, 0.25) is 0 Å². The highest BCUT2D eigenvalue weighted by molar-refractivity contribution is 5.48. The van der Waals surface area contributed by atoms with Crippen molar-refractivity contribution < 1.29 is 9.84 Å². The summed E-state index contributed by atoms with van der Waals surface area (Å²) in [6.45, 7) is 4.02. The lowest BCUT2D eigenvalue weighted by Crippen LogP contribution is -2.08. The normalized spacial score (nSPS) is 12.5. The highest BCUT2D eigenvalue weighted by atomic mass is 16.5. The van der Waals surface area contributed by atoms with E-state index in [0.29, 0.717) is 0 Å². The molecule has 0 spiro atoms. The van der Waals surface area contributed by atoms with Gasteiger partial charge in [0.15, 0.2) is 0 Å². The Kier molecular flexibility index (Phi) is 3.39. The molecule has 18 heavy (non-hydrogen) atoms. The number of aliphatic hydroxyl groups excluding tert-OH is 1. The summed E-state index contributed by atoms with van der Waals surface area (Å²) >= 11 is 0. The molecule has 1 N–H and O–H groups in total. The largest absolute Gasteiger partial charge is 0.496 e. The second-order valence-corrected chi connectivity index (χ2v) is 4.46. The zero-order valence-corrected chi connectivity index (χ0v) is 11.1. The van der Waals surface area contributed by atoms with Gasteiger partial charge in [0.1, 0.15) is 11.9 Å². The first-order valence-electron chi connectivity index (χ1n) is 5.84. The summed E-state index contributed by atoms with van der Waals surface area (Å²) in [7, 11) is 3.49. The van der Waals surface area contributed by atoms with E-state index in [9.17, 15) is 5.11 Å². The second kappa shape index (κ2) is 4.82. The molecule has 0 aliphatic rings. The zero-order chi connectivity index (χ0) is 13.3. The van der Waals surface area contributed by atoms with E-state index in [1.807, 2.05) is 33.0 Å². The first-order chi connectivity index (χ1) is 8.56. The molecular formula is C14H18N2O2. The standard InChI is InChI=1S/C14H18N2O2/c1-9-5-6-11(14(18-4)10(9)2)13(17)12-7-15-8-16(12)3/h5-8,13,17H,1-4H3. The van der Waals surface area contributed by atoms with Gasteiger partial charge in [-0.2, -0.15) is 0 Å². The van der Waals surface area contributed by atoms with Crippen LogP contribution in [0.25, 0.3) is 0 Å². The van der Waals surface area contributed by atoms with Gasteiger partial charge in [-0.15, -0.1) is 0 Å². The van der Waals surface area contributed by atoms with Crippen molar-refractivity contribution in [3.05, 3.63) is 47.0 Å². The predicted octanol–water partition coefficient (Wildman–Crippen LogP) is 2.13. The van der Waals surface area contributed by atoms with E-state index >= 15 is 0 Å². The van der Waals surface area contributed by atoms with Crippen LogP contribution in [0.3, 0.4) is 0 Å². The van der Waals surface area contributed by atoms with Gasteiger partial charge in [0.25, 0.3) is 0 Å². The molecule has 2 aromatic rings. The molecule has 4 nitrogen and oxygen atoms in total. The molecular weight excluding hydrogens is 228 g/mol. The Balaban J connectivity index is 2.52. The number of nitrogens with zero attached hydrogens (tertiary/aromatic N) is 2. The number of imidazole rings is 1. The van der Waals surface area contributed by atoms with Gasteiger partial charge in [-0.25, -0.2) is 4.98 Å². The Hall–Kier alpha value is -1.81. The minimum atomic E-state index is -0.730. The summed E-state index contributed by atoms with van der Waals surface area (Å²) in [4.78, 5) is 4.03. The molecule has 0 aliphatic heterocycles. The lowest BCUT2D eigenvalue weighted by atomic mass is 9.99. The molecule has 0 bridgehead atoms. The summed E-state index contributed by atoms with van der Waals surface area (Å²) < 4.78 is 7.23. The molecule has 2 rings (SSSR count). The van der Waals surface area contributed by atoms with Gasteiger partial charge in [0.05, 0.1) is 25.3 Å². The van der Waals surface area contributed by atoms with Crippen molar-refractivity contribution in [1.29, 1.82) is 0 Å². The van der Waals surface area contributed by atoms with Crippen molar-refractivity contribution in [2.24, 2.45) is 7.05 Å². The lowest BCUT2D eigenvalue weighted by Gasteiger charge is -2.18. The maximum Gasteiger partial charge on any atom is 0.128 e. The van der Waals surface area contributed by atoms with Crippen LogP contribution >= 0.6 is 0 Å². The van der Waals surface area contributed by atoms with Crippen LogP contribution < -0.4 is 4.74 Å². The number of aryl methyl sites for hydroxylation is 2. The molecule has 4 heteroatoms. The zero-order valence-electron chi connectivity index (χ0n) is 11.1. The summed E-state index contributed by atoms with van der Waals surface area (Å²) in [5.74, 6) is 0.740. The van der Waals surface area contributed by atoms with E-state index in [1.54, 1.807) is 24.2 Å². The number of benzene rings is 1. The van der Waals surface area contributed by atoms with Crippen LogP contribution in [0.5, 0.6) is 5.75 Å². The van der Waals surface area contributed by atoms with Crippen LogP contribution in [0.1, 0.15) is 28.5 Å². The molecule has 1 atom stereocenters. The Bertz CT molecular complexity index is 561. The second-order valence-electron chi connectivity index (χ2n) is 4.46. The van der Waals surface area contributed by atoms with Crippen molar-refractivity contribution in [2.45, 2.75) is 20.0 Å². The fourth-order valence-corrected chi connectivity index (χ4v) is 2.09. The van der Waals surface area contributed by atoms with Gasteiger partial charge >= 0.3 is 0 Å². The topological polar surface area (TPSA) is 47.3 Å². The van der Waals surface area contributed by atoms with Crippen LogP contribution in [-0.4, -0.2) is 21.8 Å². The number of methoxy groups -OCH3 is 1. The maximum atomic E-state index is 10.4. The first-order valence-corrected chi connectivity index (χ1v) is 5.84. The average molecular weight is 246 g/mol. The number of rotatable bonds is 3. The summed E-state index contributed by atoms with van der Waals surface area (Å²) in [6.07, 6.45) is 2.61. The van der Waals surface area contributed by atoms with Crippen LogP contribution in [0.2, 0.25) is 0 Å². The van der Waals surface area contributed by atoms with E-state index in [-0.39, 0.29) is 0 Å². The van der Waals surface area contributed by atoms with E-state index in [4.69, 9.17) is 4.74 Å². The number of aliphatic hydroxyl groups is 1. The van der Waals surface area contributed by atoms with Crippen LogP contribution in [-0.2, 0) is 7.05 Å². The van der Waals surface area contributed by atoms with Crippen molar-refractivity contribution in [2.75, 3.05) is 7.11 Å². The minimum Gasteiger partial charge on any atom is -0.496 e. The maximum absolute atomic E-state index is 10.4. The molecule has 1 aromatic heterocycles. The van der Waals surface area contributed by atoms with Gasteiger partial charge in [-0.3, -0.25) is 0 Å². The smallest absolute Gasteiger partial charge is 0.128 e. The quantitative estimate of drug-likeness (QED) is 0.902. The number of hydrogen-bond acceptors (Lipinski definition) is 3. The highest BCUT2D eigenvalue weighted by Crippen LogP contribution is 2.33. The Morgan fingerprint density at radius 1 is 1.33 bits per heavy atom. The van der Waals surface area contributed by atoms with Crippen LogP contribution in [0, 0.1) is 13.8 Å². The average Bonchev–Trinajstić information content (AvgIpc) is 2.78. The fourth-order valence-electron chi connectivity index (χ4n) is 2.09. The van der Waals surface area contributed by atoms with Gasteiger partial charge in [-0.1, -0.05) is 12.1 Å². The van der Waals surface area contributed by atoms with E-state index in [1.165, 1.54) is 0 Å². The third-order valence-corrected chi connectivity index (χ3v) is 3.34. The molecule has 96 valence electrons. The molecule has 1 heterocycles. The monoisotopic (exact) mass is 246 g/mol. The molecule has 0 saturated heterocycles. The van der Waals surface area contributed by atoms with Crippen molar-refractivity contribution in [3.8, 4) is 5.75 Å². The van der Waals surface area contributed by atoms with E-state index < -0.39 is 6.10 Å². The van der Waals surface area contributed by atoms with Gasteiger partial charge in [-0.05, 0) is 25.0 Å². The first kappa shape index (κ1) is 12.6. The third-order valence-electron chi connectivity index (χ3n) is 3.34. The van der Waals surface area contributed by atoms with Gasteiger partial charge in [0, 0.05) is 12.6 Å². The number of aromatic nitrogens is 2. The van der Waals surface area contributed by atoms with E-state index in [2.05, 4.69) is 4.98 Å². The predicted molar refractivity (Wildman–Crippen MR) is 69.7 cm³/mol. The Labute approximate surface area is 107 Å². The van der Waals surface area contributed by atoms with Crippen molar-refractivity contribution in [3.63, 3.8) is 0 Å². The molecule has 0 fully saturated rings. The highest BCUT2D eigenvalue weighted by Gasteiger charge is 2.20. The SMILES string of the molecule is COc1c(C(O)c2cncn2C)ccc(C)c1C. The summed E-state index contributed by atoms with van der Waals surface area (Å²) in [6, 6.07) is 3.89. The summed E-state index contributed by atoms with van der Waals surface area (Å²) in [5.41, 5.74) is 3.71. The van der Waals surface area contributed by atoms with Crippen molar-refractivity contribution in [1.82, 2.24) is 9.55 Å².